The molecule has 26 nitrogen and oxygen atoms in total. The molecule has 10 aromatic rings. The van der Waals surface area contributed by atoms with Gasteiger partial charge in [0.2, 0.25) is 0 Å². The molecular weight excluding hydrogens is 1430 g/mol. The van der Waals surface area contributed by atoms with Gasteiger partial charge in [-0.05, 0) is 140 Å². The van der Waals surface area contributed by atoms with Gasteiger partial charge in [0.25, 0.3) is 41.9 Å². The molecule has 7 heterocycles. The van der Waals surface area contributed by atoms with Crippen molar-refractivity contribution in [2.75, 3.05) is 101 Å². The maximum absolute atomic E-state index is 14.0. The molecule has 3 saturated heterocycles. The summed E-state index contributed by atoms with van der Waals surface area (Å²) in [7, 11) is -11.3. The standard InChI is InChI=1S/C23H21FN6O3S.C22H22ClFN4O4S2.C22H21F2N5O4S.5H2/c24-20-2-1-3-21-19(20)9-11-30(21)23(31)29-14-12-28(13-15-29)17-4-6-18(7-5-17)34(32,33)27-22-8-10-25-16-26-22;23-19-13-17(3-6-20(19)24)32-14-21(29)26-15-7-10-28(11-8-15)16-1-4-18(5-2-16)34(30,31)27-22-25-9-12-33-22;23-17-2-1-3-18(24)20(17)21(30)22(31)29-12-10-28(11-13-29)15-4-6-16(7-5-15)34(32,33)27-19-8-9-25-14-26-19;;;;;/h1-11,16H,12-15H2,(H,25,26,27);1-6,9,12-13,15H,7-8,10-11,14H2,(H,25,27)(H,26,29);1-9,14,21,30H,10-13H2,(H,25,26,27);5*1H. The number of rotatable bonds is 18. The number of benzene rings is 6. The van der Waals surface area contributed by atoms with Gasteiger partial charge in [0.1, 0.15) is 53.3 Å². The Kier molecular flexibility index (Phi) is 23.1. The highest BCUT2D eigenvalue weighted by atomic mass is 35.5. The number of anilines is 6. The van der Waals surface area contributed by atoms with Crippen LogP contribution < -0.4 is 38.9 Å². The molecule has 1 atom stereocenters. The lowest BCUT2D eigenvalue weighted by Crippen LogP contribution is -2.50. The molecule has 6 aromatic carbocycles. The first-order chi connectivity index (χ1) is 49.0. The Balaban J connectivity index is 0.000000245. The van der Waals surface area contributed by atoms with Crippen LogP contribution in [0.1, 0.15) is 31.6 Å². The van der Waals surface area contributed by atoms with Crippen LogP contribution in [0.5, 0.6) is 5.75 Å². The molecule has 0 spiro atoms. The molecule has 542 valence electrons. The molecule has 35 heteroatoms. The molecule has 0 saturated carbocycles. The molecule has 1 unspecified atom stereocenters. The van der Waals surface area contributed by atoms with Gasteiger partial charge in [-0.15, -0.1) is 11.3 Å². The Labute approximate surface area is 599 Å². The van der Waals surface area contributed by atoms with E-state index in [1.54, 1.807) is 83.2 Å². The Morgan fingerprint density at radius 1 is 0.569 bits per heavy atom. The summed E-state index contributed by atoms with van der Waals surface area (Å²) >= 11 is 6.92. The first-order valence-electron chi connectivity index (χ1n) is 31.4. The zero-order valence-electron chi connectivity index (χ0n) is 53.7. The summed E-state index contributed by atoms with van der Waals surface area (Å²) in [6.07, 6.45) is 8.04. The lowest BCUT2D eigenvalue weighted by molar-refractivity contribution is -0.141. The molecule has 3 amide bonds. The van der Waals surface area contributed by atoms with Gasteiger partial charge in [-0.25, -0.2) is 72.5 Å². The molecule has 3 fully saturated rings. The van der Waals surface area contributed by atoms with Gasteiger partial charge < -0.3 is 39.7 Å². The first kappa shape index (κ1) is 72.7. The van der Waals surface area contributed by atoms with Crippen LogP contribution in [0.15, 0.2) is 203 Å². The second-order valence-electron chi connectivity index (χ2n) is 23.0. The number of amides is 3. The van der Waals surface area contributed by atoms with E-state index in [1.807, 2.05) is 4.90 Å². The van der Waals surface area contributed by atoms with Crippen molar-refractivity contribution in [1.82, 2.24) is 44.6 Å². The van der Waals surface area contributed by atoms with Crippen molar-refractivity contribution in [3.8, 4) is 5.75 Å². The van der Waals surface area contributed by atoms with Gasteiger partial charge in [-0.1, -0.05) is 23.7 Å². The fourth-order valence-electron chi connectivity index (χ4n) is 11.2. The largest absolute Gasteiger partial charge is 0.484 e. The van der Waals surface area contributed by atoms with Crippen LogP contribution in [-0.4, -0.2) is 166 Å². The number of hydrogen-bond donors (Lipinski definition) is 5. The fraction of sp³-hybridized carbons (Fsp3) is 0.224. The van der Waals surface area contributed by atoms with Crippen molar-refractivity contribution in [1.29, 1.82) is 0 Å². The summed E-state index contributed by atoms with van der Waals surface area (Å²) < 4.78 is 144. The van der Waals surface area contributed by atoms with E-state index < -0.39 is 65.1 Å². The molecule has 0 bridgehead atoms. The van der Waals surface area contributed by atoms with E-state index in [0.29, 0.717) is 74.1 Å². The minimum atomic E-state index is -3.82. The van der Waals surface area contributed by atoms with Crippen molar-refractivity contribution in [2.45, 2.75) is 39.7 Å². The molecular formula is C67H74ClF4N15O11S4. The summed E-state index contributed by atoms with van der Waals surface area (Å²) in [5, 5.41) is 15.6. The number of carbonyl (C=O) groups excluding carboxylic acids is 3. The van der Waals surface area contributed by atoms with Crippen molar-refractivity contribution < 1.29 is 74.2 Å². The summed E-state index contributed by atoms with van der Waals surface area (Å²) in [5.41, 5.74) is 2.40. The van der Waals surface area contributed by atoms with Gasteiger partial charge in [0.15, 0.2) is 17.8 Å². The second-order valence-corrected chi connectivity index (χ2v) is 29.3. The lowest BCUT2D eigenvalue weighted by Gasteiger charge is -2.37. The number of aliphatic hydroxyl groups is 1. The normalized spacial score (nSPS) is 14.7. The summed E-state index contributed by atoms with van der Waals surface area (Å²) in [4.78, 5) is 66.5. The highest BCUT2D eigenvalue weighted by molar-refractivity contribution is 7.93. The van der Waals surface area contributed by atoms with Gasteiger partial charge in [0.05, 0.1) is 30.8 Å². The van der Waals surface area contributed by atoms with Crippen LogP contribution in [0.4, 0.5) is 56.2 Å². The van der Waals surface area contributed by atoms with E-state index in [2.05, 4.69) is 54.2 Å². The van der Waals surface area contributed by atoms with E-state index in [4.69, 9.17) is 16.3 Å². The molecule has 4 aromatic heterocycles. The van der Waals surface area contributed by atoms with Gasteiger partial charge in [-0.3, -0.25) is 28.3 Å². The number of piperidine rings is 1. The number of aromatic nitrogens is 6. The lowest BCUT2D eigenvalue weighted by atomic mass is 10.0. The highest BCUT2D eigenvalue weighted by Crippen LogP contribution is 2.30. The minimum Gasteiger partial charge on any atom is -0.484 e. The zero-order valence-corrected chi connectivity index (χ0v) is 57.7. The van der Waals surface area contributed by atoms with E-state index >= 15 is 0 Å². The van der Waals surface area contributed by atoms with Crippen molar-refractivity contribution >= 4 is 116 Å². The highest BCUT2D eigenvalue weighted by Gasteiger charge is 2.32. The number of carbonyl (C=O) groups is 3. The van der Waals surface area contributed by atoms with Gasteiger partial charge in [0, 0.05) is 137 Å². The number of piperazine rings is 2. The predicted octanol–water partition coefficient (Wildman–Crippen LogP) is 10.2. The minimum absolute atomic E-state index is 0. The quantitative estimate of drug-likeness (QED) is 0.0499. The Hall–Kier alpha value is -10.5. The third-order valence-corrected chi connectivity index (χ3v) is 21.7. The Bertz CT molecular complexity index is 4920. The molecule has 3 aliphatic heterocycles. The maximum Gasteiger partial charge on any atom is 0.328 e. The average molecular weight is 1510 g/mol. The van der Waals surface area contributed by atoms with Gasteiger partial charge >= 0.3 is 6.03 Å². The van der Waals surface area contributed by atoms with E-state index in [1.165, 1.54) is 113 Å². The number of fused-ring (bicyclic) bond motifs is 1. The average Bonchev–Trinajstić information content (AvgIpc) is 1.76. The second kappa shape index (κ2) is 32.4. The maximum atomic E-state index is 14.0. The van der Waals surface area contributed by atoms with Crippen LogP contribution in [0.2, 0.25) is 5.02 Å². The van der Waals surface area contributed by atoms with E-state index in [0.717, 1.165) is 48.1 Å². The van der Waals surface area contributed by atoms with Crippen molar-refractivity contribution in [3.63, 3.8) is 0 Å². The number of aliphatic hydroxyl groups excluding tert-OH is 1. The number of sulfonamides is 3. The third-order valence-electron chi connectivity index (χ3n) is 16.5. The first-order valence-corrected chi connectivity index (χ1v) is 37.1. The van der Waals surface area contributed by atoms with E-state index in [9.17, 15) is 62.3 Å². The zero-order chi connectivity index (χ0) is 72.1. The third kappa shape index (κ3) is 18.1. The van der Waals surface area contributed by atoms with Crippen molar-refractivity contribution in [3.05, 3.63) is 222 Å². The monoisotopic (exact) mass is 1500 g/mol. The van der Waals surface area contributed by atoms with Gasteiger partial charge in [-0.2, -0.15) is 0 Å². The Morgan fingerprint density at radius 3 is 1.55 bits per heavy atom. The van der Waals surface area contributed by atoms with Crippen LogP contribution in [-0.2, 0) is 39.7 Å². The summed E-state index contributed by atoms with van der Waals surface area (Å²) in [6, 6.07) is 35.5. The summed E-state index contributed by atoms with van der Waals surface area (Å²) in [6.45, 7) is 4.62. The molecule has 5 N–H and O–H groups in total. The predicted molar refractivity (Wildman–Crippen MR) is 385 cm³/mol. The smallest absolute Gasteiger partial charge is 0.328 e. The molecule has 13 rings (SSSR count). The number of hydrogen-bond acceptors (Lipinski definition) is 20. The summed E-state index contributed by atoms with van der Waals surface area (Å²) in [5.74, 6) is -3.24. The molecule has 0 radical (unpaired) electrons. The van der Waals surface area contributed by atoms with Crippen molar-refractivity contribution in [2.24, 2.45) is 0 Å². The Morgan fingerprint density at radius 2 is 1.06 bits per heavy atom. The topological polar surface area (TPSA) is 317 Å². The number of halogens is 5. The number of ether oxygens (including phenoxy) is 1. The van der Waals surface area contributed by atoms with Crippen LogP contribution >= 0.6 is 22.9 Å². The molecule has 0 aliphatic carbocycles. The molecule has 3 aliphatic rings. The SMILES string of the molecule is O=C(C(O)c1c(F)cccc1F)N1CCN(c2ccc(S(=O)(=O)Nc3ccncn3)cc2)CC1.O=C(COc1ccc(F)c(Cl)c1)NC1CCN(c2ccc(S(=O)(=O)Nc3nccs3)cc2)CC1.O=C(N1CCN(c2ccc(S(=O)(=O)Nc3ccncn3)cc2)CC1)n1ccc2c(F)cccc21.[HH].[HH].[HH].[HH].[HH]. The number of nitrogens with one attached hydrogen (secondary N) is 4. The fourth-order valence-corrected chi connectivity index (χ4v) is 15.2. The van der Waals surface area contributed by atoms with Crippen LogP contribution in [0.3, 0.4) is 0 Å². The van der Waals surface area contributed by atoms with E-state index in [-0.39, 0.29) is 82.0 Å². The number of nitrogens with zero attached hydrogens (tertiary/aromatic N) is 11. The number of thiazole rings is 1. The van der Waals surface area contributed by atoms with Crippen LogP contribution in [0.25, 0.3) is 10.9 Å². The molecule has 102 heavy (non-hydrogen) atoms. The van der Waals surface area contributed by atoms with Crippen LogP contribution in [0, 0.1) is 23.3 Å².